The summed E-state index contributed by atoms with van der Waals surface area (Å²) in [5.41, 5.74) is 1.85. The monoisotopic (exact) mass is 450 g/mol. The summed E-state index contributed by atoms with van der Waals surface area (Å²) in [4.78, 5) is 0. The predicted octanol–water partition coefficient (Wildman–Crippen LogP) is 5.16. The lowest BCUT2D eigenvalue weighted by Crippen LogP contribution is -2.20. The van der Waals surface area contributed by atoms with Crippen LogP contribution in [0.5, 0.6) is 5.75 Å². The van der Waals surface area contributed by atoms with Crippen LogP contribution in [0.4, 0.5) is 11.5 Å². The first-order valence-electron chi connectivity index (χ1n) is 7.73. The number of ether oxygens (including phenoxy) is 1. The molecule has 2 N–H and O–H groups in total. The highest BCUT2D eigenvalue weighted by Crippen LogP contribution is 2.27. The van der Waals surface area contributed by atoms with Gasteiger partial charge in [-0.3, -0.25) is 4.68 Å². The van der Waals surface area contributed by atoms with E-state index in [9.17, 15) is 0 Å². The second-order valence-corrected chi connectivity index (χ2v) is 7.21. The third kappa shape index (κ3) is 4.97. The van der Waals surface area contributed by atoms with E-state index in [0.717, 1.165) is 10.0 Å². The van der Waals surface area contributed by atoms with Crippen LogP contribution >= 0.6 is 39.7 Å². The Kier molecular flexibility index (Phi) is 6.13. The van der Waals surface area contributed by atoms with Crippen LogP contribution in [0.1, 0.15) is 5.56 Å². The first-order chi connectivity index (χ1) is 12.5. The minimum atomic E-state index is 0.402. The molecule has 0 radical (unpaired) electrons. The molecule has 1 aromatic heterocycles. The summed E-state index contributed by atoms with van der Waals surface area (Å²) in [6.07, 6.45) is 1.90. The maximum Gasteiger partial charge on any atom is 0.176 e. The highest BCUT2D eigenvalue weighted by Gasteiger charge is 2.07. The molecule has 0 unspecified atom stereocenters. The van der Waals surface area contributed by atoms with Gasteiger partial charge in [0.1, 0.15) is 5.75 Å². The Morgan fingerprint density at radius 1 is 1.19 bits per heavy atom. The van der Waals surface area contributed by atoms with Gasteiger partial charge < -0.3 is 15.4 Å². The minimum absolute atomic E-state index is 0.402. The van der Waals surface area contributed by atoms with Crippen LogP contribution in [-0.2, 0) is 6.54 Å². The molecule has 1 heterocycles. The molecule has 0 aliphatic carbocycles. The first-order valence-corrected chi connectivity index (χ1v) is 9.31. The quantitative estimate of drug-likeness (QED) is 0.524. The summed E-state index contributed by atoms with van der Waals surface area (Å²) in [5.74, 6) is 1.31. The lowest BCUT2D eigenvalue weighted by molar-refractivity contribution is 0.417. The molecule has 0 spiro atoms. The third-order valence-electron chi connectivity index (χ3n) is 3.55. The summed E-state index contributed by atoms with van der Waals surface area (Å²) in [6.45, 7) is 0.678. The molecule has 0 saturated carbocycles. The number of hydrogen-bond acceptors (Lipinski definition) is 3. The second-order valence-electron chi connectivity index (χ2n) is 5.45. The van der Waals surface area contributed by atoms with E-state index >= 15 is 0 Å². The van der Waals surface area contributed by atoms with Gasteiger partial charge in [0.25, 0.3) is 0 Å². The Morgan fingerprint density at radius 3 is 2.69 bits per heavy atom. The number of hydrogen-bond donors (Lipinski definition) is 2. The van der Waals surface area contributed by atoms with E-state index in [1.165, 1.54) is 0 Å². The van der Waals surface area contributed by atoms with Gasteiger partial charge in [-0.1, -0.05) is 39.7 Å². The van der Waals surface area contributed by atoms with Crippen LogP contribution in [0.2, 0.25) is 5.02 Å². The molecule has 26 heavy (non-hydrogen) atoms. The van der Waals surface area contributed by atoms with Gasteiger partial charge in [-0.05, 0) is 48.1 Å². The smallest absolute Gasteiger partial charge is 0.176 e. The SMILES string of the molecule is COc1ccc(Cl)cc1NC(=S)Nc1ccn(Cc2ccc(Br)cc2)n1. The minimum Gasteiger partial charge on any atom is -0.495 e. The Bertz CT molecular complexity index is 914. The van der Waals surface area contributed by atoms with E-state index in [4.69, 9.17) is 28.6 Å². The van der Waals surface area contributed by atoms with Crippen LogP contribution < -0.4 is 15.4 Å². The zero-order valence-electron chi connectivity index (χ0n) is 13.9. The van der Waals surface area contributed by atoms with Crippen molar-refractivity contribution in [2.45, 2.75) is 6.54 Å². The Hall–Kier alpha value is -2.09. The topological polar surface area (TPSA) is 51.1 Å². The van der Waals surface area contributed by atoms with E-state index in [2.05, 4.69) is 43.8 Å². The molecule has 0 aliphatic heterocycles. The van der Waals surface area contributed by atoms with Crippen molar-refractivity contribution in [2.24, 2.45) is 0 Å². The Morgan fingerprint density at radius 2 is 1.96 bits per heavy atom. The molecular formula is C18H16BrClN4OS. The van der Waals surface area contributed by atoms with Crippen LogP contribution in [0, 0.1) is 0 Å². The van der Waals surface area contributed by atoms with Gasteiger partial charge in [0, 0.05) is 21.8 Å². The second kappa shape index (κ2) is 8.53. The van der Waals surface area contributed by atoms with Gasteiger partial charge >= 0.3 is 0 Å². The number of nitrogens with one attached hydrogen (secondary N) is 2. The van der Waals surface area contributed by atoms with Gasteiger partial charge in [-0.25, -0.2) is 0 Å². The highest BCUT2D eigenvalue weighted by atomic mass is 79.9. The number of methoxy groups -OCH3 is 1. The fourth-order valence-electron chi connectivity index (χ4n) is 2.34. The summed E-state index contributed by atoms with van der Waals surface area (Å²) >= 11 is 14.8. The predicted molar refractivity (Wildman–Crippen MR) is 113 cm³/mol. The average molecular weight is 452 g/mol. The van der Waals surface area contributed by atoms with Crippen LogP contribution in [0.3, 0.4) is 0 Å². The van der Waals surface area contributed by atoms with Gasteiger partial charge in [0.2, 0.25) is 0 Å². The normalized spacial score (nSPS) is 10.4. The lowest BCUT2D eigenvalue weighted by atomic mass is 10.2. The fraction of sp³-hybridized carbons (Fsp3) is 0.111. The van der Waals surface area contributed by atoms with Gasteiger partial charge in [0.05, 0.1) is 19.3 Å². The zero-order chi connectivity index (χ0) is 18.5. The average Bonchev–Trinajstić information content (AvgIpc) is 3.04. The molecule has 0 fully saturated rings. The van der Waals surface area contributed by atoms with Crippen molar-refractivity contribution in [1.82, 2.24) is 9.78 Å². The van der Waals surface area contributed by atoms with E-state index in [1.807, 2.05) is 29.1 Å². The Balaban J connectivity index is 1.62. The number of anilines is 2. The molecule has 3 aromatic rings. The van der Waals surface area contributed by atoms with E-state index in [-0.39, 0.29) is 0 Å². The van der Waals surface area contributed by atoms with Crippen molar-refractivity contribution in [1.29, 1.82) is 0 Å². The van der Waals surface area contributed by atoms with Gasteiger partial charge in [-0.15, -0.1) is 0 Å². The fourth-order valence-corrected chi connectivity index (χ4v) is 2.99. The molecule has 2 aromatic carbocycles. The van der Waals surface area contributed by atoms with Crippen molar-refractivity contribution < 1.29 is 4.74 Å². The van der Waals surface area contributed by atoms with Crippen molar-refractivity contribution in [2.75, 3.05) is 17.7 Å². The number of thiocarbonyl (C=S) groups is 1. The molecule has 0 amide bonds. The molecule has 0 bridgehead atoms. The van der Waals surface area contributed by atoms with E-state index in [0.29, 0.717) is 33.9 Å². The van der Waals surface area contributed by atoms with Crippen molar-refractivity contribution in [3.8, 4) is 5.75 Å². The molecule has 134 valence electrons. The summed E-state index contributed by atoms with van der Waals surface area (Å²) in [5, 5.41) is 11.6. The molecule has 5 nitrogen and oxygen atoms in total. The number of nitrogens with zero attached hydrogens (tertiary/aromatic N) is 2. The van der Waals surface area contributed by atoms with Crippen molar-refractivity contribution in [3.05, 3.63) is 69.8 Å². The zero-order valence-corrected chi connectivity index (χ0v) is 17.0. The van der Waals surface area contributed by atoms with Crippen LogP contribution in [-0.4, -0.2) is 22.0 Å². The molecule has 0 atom stereocenters. The lowest BCUT2D eigenvalue weighted by Gasteiger charge is -2.12. The van der Waals surface area contributed by atoms with Crippen molar-refractivity contribution >= 4 is 56.4 Å². The summed E-state index contributed by atoms with van der Waals surface area (Å²) in [7, 11) is 1.59. The van der Waals surface area contributed by atoms with Gasteiger partial charge in [-0.2, -0.15) is 5.10 Å². The molecule has 3 rings (SSSR count). The molecule has 8 heteroatoms. The Labute approximate surface area is 170 Å². The number of aromatic nitrogens is 2. The van der Waals surface area contributed by atoms with E-state index in [1.54, 1.807) is 25.3 Å². The number of halogens is 2. The van der Waals surface area contributed by atoms with Crippen molar-refractivity contribution in [3.63, 3.8) is 0 Å². The molecular weight excluding hydrogens is 436 g/mol. The largest absolute Gasteiger partial charge is 0.495 e. The van der Waals surface area contributed by atoms with Crippen LogP contribution in [0.15, 0.2) is 59.2 Å². The number of rotatable bonds is 5. The summed E-state index contributed by atoms with van der Waals surface area (Å²) < 4.78 is 8.19. The maximum absolute atomic E-state index is 6.03. The standard InChI is InChI=1S/C18H16BrClN4OS/c1-25-16-7-6-14(20)10-15(16)21-18(26)22-17-8-9-24(23-17)11-12-2-4-13(19)5-3-12/h2-10H,11H2,1H3,(H2,21,22,23,26). The number of benzene rings is 2. The molecule has 0 saturated heterocycles. The van der Waals surface area contributed by atoms with Crippen LogP contribution in [0.25, 0.3) is 0 Å². The summed E-state index contributed by atoms with van der Waals surface area (Å²) in [6, 6.07) is 15.3. The third-order valence-corrected chi connectivity index (χ3v) is 4.52. The van der Waals surface area contributed by atoms with Gasteiger partial charge in [0.15, 0.2) is 10.9 Å². The maximum atomic E-state index is 6.03. The molecule has 0 aliphatic rings. The highest BCUT2D eigenvalue weighted by molar-refractivity contribution is 9.10. The van der Waals surface area contributed by atoms with E-state index < -0.39 is 0 Å². The first kappa shape index (κ1) is 18.7.